The lowest BCUT2D eigenvalue weighted by atomic mass is 9.87. The van der Waals surface area contributed by atoms with E-state index in [1.165, 1.54) is 21.3 Å². The highest BCUT2D eigenvalue weighted by molar-refractivity contribution is 5.83. The van der Waals surface area contributed by atoms with E-state index in [0.717, 1.165) is 24.1 Å². The zero-order chi connectivity index (χ0) is 11.2. The summed E-state index contributed by atoms with van der Waals surface area (Å²) in [7, 11) is 0. The summed E-state index contributed by atoms with van der Waals surface area (Å²) in [4.78, 5) is 0. The van der Waals surface area contributed by atoms with Crippen LogP contribution in [-0.2, 0) is 12.8 Å². The van der Waals surface area contributed by atoms with Gasteiger partial charge in [0.1, 0.15) is 0 Å². The number of tetrazole rings is 1. The highest BCUT2D eigenvalue weighted by Crippen LogP contribution is 2.34. The highest BCUT2D eigenvalue weighted by Gasteiger charge is 2.20. The molecule has 0 saturated heterocycles. The van der Waals surface area contributed by atoms with Crippen molar-refractivity contribution >= 4 is 5.65 Å². The number of aryl methyl sites for hydroxylation is 2. The third-order valence-corrected chi connectivity index (χ3v) is 3.27. The molecule has 0 amide bonds. The van der Waals surface area contributed by atoms with E-state index in [1.54, 1.807) is 0 Å². The van der Waals surface area contributed by atoms with Crippen LogP contribution in [0.5, 0.6) is 0 Å². The zero-order valence-electron chi connectivity index (χ0n) is 9.04. The van der Waals surface area contributed by atoms with Crippen LogP contribution in [0.3, 0.4) is 0 Å². The third-order valence-electron chi connectivity index (χ3n) is 3.27. The second-order valence-electron chi connectivity index (χ2n) is 4.19. The van der Waals surface area contributed by atoms with Crippen molar-refractivity contribution in [2.75, 3.05) is 0 Å². The van der Waals surface area contributed by atoms with Crippen LogP contribution in [-0.4, -0.2) is 25.3 Å². The molecule has 0 N–H and O–H groups in total. The summed E-state index contributed by atoms with van der Waals surface area (Å²) in [5, 5.41) is 15.8. The number of benzene rings is 1. The molecule has 3 aromatic rings. The molecule has 4 rings (SSSR count). The summed E-state index contributed by atoms with van der Waals surface area (Å²) in [5.41, 5.74) is 5.69. The Morgan fingerprint density at radius 2 is 1.94 bits per heavy atom. The van der Waals surface area contributed by atoms with E-state index >= 15 is 0 Å². The van der Waals surface area contributed by atoms with E-state index in [1.807, 2.05) is 6.20 Å². The molecule has 0 atom stereocenters. The average Bonchev–Trinajstić information content (AvgIpc) is 2.86. The van der Waals surface area contributed by atoms with Crippen LogP contribution in [0, 0.1) is 0 Å². The Labute approximate surface area is 97.1 Å². The van der Waals surface area contributed by atoms with Gasteiger partial charge < -0.3 is 0 Å². The van der Waals surface area contributed by atoms with Gasteiger partial charge in [-0.1, -0.05) is 24.3 Å². The summed E-state index contributed by atoms with van der Waals surface area (Å²) in [6.07, 6.45) is 3.93. The molecule has 1 aliphatic rings. The first-order valence-corrected chi connectivity index (χ1v) is 5.58. The summed E-state index contributed by atoms with van der Waals surface area (Å²) in [6, 6.07) is 8.42. The van der Waals surface area contributed by atoms with E-state index in [-0.39, 0.29) is 0 Å². The number of fused-ring (bicyclic) bond motifs is 5. The van der Waals surface area contributed by atoms with Gasteiger partial charge in [0.15, 0.2) is 0 Å². The number of rotatable bonds is 0. The van der Waals surface area contributed by atoms with Gasteiger partial charge in [0.25, 0.3) is 0 Å². The lowest BCUT2D eigenvalue weighted by molar-refractivity contribution is 0.727. The average molecular weight is 223 g/mol. The summed E-state index contributed by atoms with van der Waals surface area (Å²) >= 11 is 0. The monoisotopic (exact) mass is 223 g/mol. The highest BCUT2D eigenvalue weighted by atomic mass is 15.6. The smallest absolute Gasteiger partial charge is 0.155 e. The molecule has 0 unspecified atom stereocenters. The van der Waals surface area contributed by atoms with Crippen LogP contribution in [0.4, 0.5) is 0 Å². The Balaban J connectivity index is 2.16. The topological polar surface area (TPSA) is 56.0 Å². The standard InChI is InChI=1S/C12H9N5/c1-2-4-10-8(3-1)5-6-9-7-13-17-12(11(9)10)14-15-16-17/h1-4,7H,5-6H2. The van der Waals surface area contributed by atoms with E-state index in [9.17, 15) is 0 Å². The third kappa shape index (κ3) is 1.13. The predicted octanol–water partition coefficient (Wildman–Crippen LogP) is 1.28. The van der Waals surface area contributed by atoms with Gasteiger partial charge in [0.2, 0.25) is 5.65 Å². The van der Waals surface area contributed by atoms with Crippen molar-refractivity contribution in [1.82, 2.24) is 25.3 Å². The number of hydrogen-bond donors (Lipinski definition) is 0. The van der Waals surface area contributed by atoms with Gasteiger partial charge in [-0.3, -0.25) is 0 Å². The maximum atomic E-state index is 4.21. The molecule has 2 aromatic heterocycles. The van der Waals surface area contributed by atoms with Crippen molar-refractivity contribution in [1.29, 1.82) is 0 Å². The molecular formula is C12H9N5. The van der Waals surface area contributed by atoms with Crippen LogP contribution in [0.2, 0.25) is 0 Å². The van der Waals surface area contributed by atoms with Crippen LogP contribution in [0.1, 0.15) is 11.1 Å². The summed E-state index contributed by atoms with van der Waals surface area (Å²) < 4.78 is 1.49. The number of hydrogen-bond acceptors (Lipinski definition) is 4. The maximum Gasteiger partial charge on any atom is 0.208 e. The predicted molar refractivity (Wildman–Crippen MR) is 61.4 cm³/mol. The molecule has 1 aromatic carbocycles. The first kappa shape index (κ1) is 8.81. The van der Waals surface area contributed by atoms with Gasteiger partial charge in [0.05, 0.1) is 6.20 Å². The quantitative estimate of drug-likeness (QED) is 0.576. The minimum absolute atomic E-state index is 0.745. The molecular weight excluding hydrogens is 214 g/mol. The van der Waals surface area contributed by atoms with Crippen LogP contribution >= 0.6 is 0 Å². The minimum atomic E-state index is 0.745. The summed E-state index contributed by atoms with van der Waals surface area (Å²) in [6.45, 7) is 0. The molecule has 0 radical (unpaired) electrons. The number of nitrogens with zero attached hydrogens (tertiary/aromatic N) is 5. The lowest BCUT2D eigenvalue weighted by Gasteiger charge is -2.18. The Morgan fingerprint density at radius 3 is 2.94 bits per heavy atom. The fourth-order valence-corrected chi connectivity index (χ4v) is 2.48. The minimum Gasteiger partial charge on any atom is -0.155 e. The SMILES string of the molecule is c1ccc2c(c1)CCc1cnn3nnnc3c1-2. The van der Waals surface area contributed by atoms with Crippen molar-refractivity contribution in [2.45, 2.75) is 12.8 Å². The van der Waals surface area contributed by atoms with Crippen molar-refractivity contribution in [3.63, 3.8) is 0 Å². The molecule has 5 heteroatoms. The zero-order valence-corrected chi connectivity index (χ0v) is 9.04. The van der Waals surface area contributed by atoms with E-state index in [4.69, 9.17) is 0 Å². The molecule has 0 fully saturated rings. The summed E-state index contributed by atoms with van der Waals surface area (Å²) in [5.74, 6) is 0. The van der Waals surface area contributed by atoms with E-state index in [2.05, 4.69) is 44.9 Å². The lowest BCUT2D eigenvalue weighted by Crippen LogP contribution is -2.08. The second-order valence-corrected chi connectivity index (χ2v) is 4.19. The molecule has 2 heterocycles. The van der Waals surface area contributed by atoms with Crippen LogP contribution in [0.15, 0.2) is 30.5 Å². The van der Waals surface area contributed by atoms with Crippen molar-refractivity contribution < 1.29 is 0 Å². The molecule has 1 aliphatic carbocycles. The van der Waals surface area contributed by atoms with Gasteiger partial charge in [0, 0.05) is 5.56 Å². The first-order valence-electron chi connectivity index (χ1n) is 5.58. The molecule has 0 aliphatic heterocycles. The molecule has 0 spiro atoms. The fourth-order valence-electron chi connectivity index (χ4n) is 2.48. The van der Waals surface area contributed by atoms with E-state index in [0.29, 0.717) is 0 Å². The number of aromatic nitrogens is 5. The Hall–Kier alpha value is -2.30. The molecule has 82 valence electrons. The fraction of sp³-hybridized carbons (Fsp3) is 0.167. The van der Waals surface area contributed by atoms with Gasteiger partial charge in [-0.2, -0.15) is 5.10 Å². The molecule has 0 bridgehead atoms. The molecule has 17 heavy (non-hydrogen) atoms. The largest absolute Gasteiger partial charge is 0.208 e. The van der Waals surface area contributed by atoms with Crippen LogP contribution in [0.25, 0.3) is 16.8 Å². The van der Waals surface area contributed by atoms with Crippen molar-refractivity contribution in [2.24, 2.45) is 0 Å². The molecule has 5 nitrogen and oxygen atoms in total. The van der Waals surface area contributed by atoms with Crippen molar-refractivity contribution in [3.8, 4) is 11.1 Å². The van der Waals surface area contributed by atoms with Gasteiger partial charge in [-0.25, -0.2) is 0 Å². The van der Waals surface area contributed by atoms with Crippen LogP contribution < -0.4 is 0 Å². The first-order chi connectivity index (χ1) is 8.43. The Kier molecular flexibility index (Phi) is 1.61. The van der Waals surface area contributed by atoms with Crippen molar-refractivity contribution in [3.05, 3.63) is 41.6 Å². The maximum absolute atomic E-state index is 4.21. The Bertz CT molecular complexity index is 716. The normalized spacial score (nSPS) is 13.4. The Morgan fingerprint density at radius 1 is 1.06 bits per heavy atom. The molecule has 0 saturated carbocycles. The van der Waals surface area contributed by atoms with Gasteiger partial charge >= 0.3 is 0 Å². The second kappa shape index (κ2) is 3.10. The van der Waals surface area contributed by atoms with Gasteiger partial charge in [-0.05, 0) is 40.0 Å². The van der Waals surface area contributed by atoms with Gasteiger partial charge in [-0.15, -0.1) is 9.73 Å². The van der Waals surface area contributed by atoms with E-state index < -0.39 is 0 Å².